The van der Waals surface area contributed by atoms with E-state index in [4.69, 9.17) is 0 Å². The second-order valence-electron chi connectivity index (χ2n) is 3.98. The summed E-state index contributed by atoms with van der Waals surface area (Å²) in [4.78, 5) is 1.05. The lowest BCUT2D eigenvalue weighted by atomic mass is 10.2. The van der Waals surface area contributed by atoms with Crippen LogP contribution in [0.1, 0.15) is 23.0 Å². The smallest absolute Gasteiger partial charge is 0.0894 e. The predicted molar refractivity (Wildman–Crippen MR) is 72.0 cm³/mol. The minimum absolute atomic E-state index is 0.335. The Hall–Kier alpha value is -1.16. The van der Waals surface area contributed by atoms with Gasteiger partial charge in [0, 0.05) is 11.4 Å². The molecule has 0 saturated carbocycles. The van der Waals surface area contributed by atoms with E-state index in [1.165, 1.54) is 5.56 Å². The second-order valence-corrected chi connectivity index (χ2v) is 4.96. The number of rotatable bonds is 6. The van der Waals surface area contributed by atoms with Crippen molar-refractivity contribution >= 4 is 11.3 Å². The third-order valence-electron chi connectivity index (χ3n) is 2.64. The molecule has 0 saturated heterocycles. The molecule has 90 valence electrons. The van der Waals surface area contributed by atoms with Crippen LogP contribution < -0.4 is 5.32 Å². The number of hydrogen-bond acceptors (Lipinski definition) is 3. The molecular weight excluding hydrogens is 230 g/mol. The van der Waals surface area contributed by atoms with E-state index in [9.17, 15) is 5.11 Å². The molecule has 2 aromatic rings. The van der Waals surface area contributed by atoms with Crippen molar-refractivity contribution in [3.05, 3.63) is 58.3 Å². The van der Waals surface area contributed by atoms with Crippen LogP contribution in [0.2, 0.25) is 0 Å². The molecule has 2 nitrogen and oxygen atoms in total. The van der Waals surface area contributed by atoms with Crippen molar-refractivity contribution < 1.29 is 5.11 Å². The molecule has 0 amide bonds. The van der Waals surface area contributed by atoms with Crippen LogP contribution in [0.5, 0.6) is 0 Å². The molecule has 0 aliphatic carbocycles. The lowest BCUT2D eigenvalue weighted by Gasteiger charge is -2.09. The van der Waals surface area contributed by atoms with Crippen LogP contribution >= 0.6 is 11.3 Å². The number of benzene rings is 1. The second kappa shape index (κ2) is 6.55. The van der Waals surface area contributed by atoms with Gasteiger partial charge in [0.1, 0.15) is 0 Å². The Morgan fingerprint density at radius 2 is 1.94 bits per heavy atom. The van der Waals surface area contributed by atoms with Crippen LogP contribution in [-0.4, -0.2) is 11.7 Å². The van der Waals surface area contributed by atoms with Crippen LogP contribution in [0.4, 0.5) is 0 Å². The fourth-order valence-electron chi connectivity index (χ4n) is 1.69. The summed E-state index contributed by atoms with van der Waals surface area (Å²) in [5.74, 6) is 0. The molecule has 0 bridgehead atoms. The summed E-state index contributed by atoms with van der Waals surface area (Å²) in [5.41, 5.74) is 1.28. The average molecular weight is 247 g/mol. The maximum Gasteiger partial charge on any atom is 0.0894 e. The first-order valence-corrected chi connectivity index (χ1v) is 6.70. The van der Waals surface area contributed by atoms with Gasteiger partial charge in [0.15, 0.2) is 0 Å². The minimum atomic E-state index is -0.335. The van der Waals surface area contributed by atoms with E-state index in [0.717, 1.165) is 24.4 Å². The van der Waals surface area contributed by atoms with Crippen LogP contribution in [0.25, 0.3) is 0 Å². The molecule has 0 fully saturated rings. The highest BCUT2D eigenvalue weighted by Gasteiger charge is 2.07. The summed E-state index contributed by atoms with van der Waals surface area (Å²) in [7, 11) is 0. The molecule has 0 radical (unpaired) electrons. The van der Waals surface area contributed by atoms with E-state index in [-0.39, 0.29) is 6.10 Å². The Bertz CT molecular complexity index is 413. The van der Waals surface area contributed by atoms with Crippen molar-refractivity contribution in [2.75, 3.05) is 6.54 Å². The quantitative estimate of drug-likeness (QED) is 0.769. The van der Waals surface area contributed by atoms with Crippen molar-refractivity contribution in [3.8, 4) is 0 Å². The Morgan fingerprint density at radius 1 is 1.12 bits per heavy atom. The van der Waals surface area contributed by atoms with E-state index in [0.29, 0.717) is 0 Å². The first-order chi connectivity index (χ1) is 8.36. The number of thiophene rings is 1. The Kier molecular flexibility index (Phi) is 4.74. The first kappa shape index (κ1) is 12.3. The van der Waals surface area contributed by atoms with E-state index >= 15 is 0 Å². The van der Waals surface area contributed by atoms with Crippen LogP contribution in [0, 0.1) is 0 Å². The molecule has 17 heavy (non-hydrogen) atoms. The molecule has 0 aliphatic rings. The van der Waals surface area contributed by atoms with E-state index in [2.05, 4.69) is 17.4 Å². The zero-order valence-corrected chi connectivity index (χ0v) is 10.5. The molecule has 0 spiro atoms. The fourth-order valence-corrected chi connectivity index (χ4v) is 2.44. The number of nitrogens with one attached hydrogen (secondary N) is 1. The molecule has 1 aromatic carbocycles. The minimum Gasteiger partial charge on any atom is -0.388 e. The first-order valence-electron chi connectivity index (χ1n) is 5.82. The van der Waals surface area contributed by atoms with E-state index in [1.807, 2.05) is 35.7 Å². The Balaban J connectivity index is 1.67. The molecule has 1 aromatic heterocycles. The summed E-state index contributed by atoms with van der Waals surface area (Å²) in [6, 6.07) is 14.2. The van der Waals surface area contributed by atoms with Crippen molar-refractivity contribution in [2.24, 2.45) is 0 Å². The van der Waals surface area contributed by atoms with Crippen molar-refractivity contribution in [1.82, 2.24) is 5.32 Å². The van der Waals surface area contributed by atoms with Crippen molar-refractivity contribution in [3.63, 3.8) is 0 Å². The number of aliphatic hydroxyl groups is 1. The van der Waals surface area contributed by atoms with Gasteiger partial charge in [-0.2, -0.15) is 0 Å². The van der Waals surface area contributed by atoms with Gasteiger partial charge in [-0.05, 0) is 30.0 Å². The van der Waals surface area contributed by atoms with E-state index < -0.39 is 0 Å². The summed E-state index contributed by atoms with van der Waals surface area (Å²) < 4.78 is 0. The molecule has 0 aliphatic heterocycles. The largest absolute Gasteiger partial charge is 0.388 e. The van der Waals surface area contributed by atoms with Gasteiger partial charge in [-0.15, -0.1) is 11.3 Å². The third kappa shape index (κ3) is 3.97. The predicted octanol–water partition coefficient (Wildman–Crippen LogP) is 2.96. The lowest BCUT2D eigenvalue weighted by Crippen LogP contribution is -2.16. The molecular formula is C14H17NOS. The highest BCUT2D eigenvalue weighted by atomic mass is 32.1. The zero-order chi connectivity index (χ0) is 11.9. The van der Waals surface area contributed by atoms with Crippen LogP contribution in [-0.2, 0) is 6.54 Å². The van der Waals surface area contributed by atoms with Crippen molar-refractivity contribution in [2.45, 2.75) is 19.1 Å². The molecule has 1 heterocycles. The molecule has 2 rings (SSSR count). The van der Waals surface area contributed by atoms with Gasteiger partial charge in [0.2, 0.25) is 0 Å². The molecule has 3 heteroatoms. The molecule has 1 atom stereocenters. The topological polar surface area (TPSA) is 32.3 Å². The molecule has 2 N–H and O–H groups in total. The van der Waals surface area contributed by atoms with Gasteiger partial charge in [-0.3, -0.25) is 0 Å². The van der Waals surface area contributed by atoms with Gasteiger partial charge in [0.25, 0.3) is 0 Å². The van der Waals surface area contributed by atoms with Crippen molar-refractivity contribution in [1.29, 1.82) is 0 Å². The van der Waals surface area contributed by atoms with E-state index in [1.54, 1.807) is 11.3 Å². The van der Waals surface area contributed by atoms with Gasteiger partial charge in [-0.1, -0.05) is 36.4 Å². The SMILES string of the molecule is OC(CCNCc1ccccc1)c1cccs1. The van der Waals surface area contributed by atoms with Gasteiger partial charge in [0.05, 0.1) is 6.10 Å². The third-order valence-corrected chi connectivity index (χ3v) is 3.61. The Labute approximate surface area is 106 Å². The standard InChI is InChI=1S/C14H17NOS/c16-13(14-7-4-10-17-14)8-9-15-11-12-5-2-1-3-6-12/h1-7,10,13,15-16H,8-9,11H2. The van der Waals surface area contributed by atoms with Gasteiger partial charge in [-0.25, -0.2) is 0 Å². The maximum absolute atomic E-state index is 9.88. The summed E-state index contributed by atoms with van der Waals surface area (Å²) in [5, 5.41) is 15.2. The fraction of sp³-hybridized carbons (Fsp3) is 0.286. The monoisotopic (exact) mass is 247 g/mol. The number of hydrogen-bond donors (Lipinski definition) is 2. The van der Waals surface area contributed by atoms with Gasteiger partial charge < -0.3 is 10.4 Å². The highest BCUT2D eigenvalue weighted by molar-refractivity contribution is 7.10. The zero-order valence-electron chi connectivity index (χ0n) is 9.67. The molecule has 1 unspecified atom stereocenters. The summed E-state index contributed by atoms with van der Waals surface area (Å²) in [6.45, 7) is 1.69. The highest BCUT2D eigenvalue weighted by Crippen LogP contribution is 2.20. The normalized spacial score (nSPS) is 12.5. The van der Waals surface area contributed by atoms with Crippen LogP contribution in [0.15, 0.2) is 47.8 Å². The Morgan fingerprint density at radius 3 is 2.65 bits per heavy atom. The maximum atomic E-state index is 9.88. The average Bonchev–Trinajstić information content (AvgIpc) is 2.89. The number of aliphatic hydroxyl groups excluding tert-OH is 1. The van der Waals surface area contributed by atoms with Gasteiger partial charge >= 0.3 is 0 Å². The lowest BCUT2D eigenvalue weighted by molar-refractivity contribution is 0.170. The summed E-state index contributed by atoms with van der Waals surface area (Å²) >= 11 is 1.61. The van der Waals surface area contributed by atoms with Crippen LogP contribution in [0.3, 0.4) is 0 Å². The summed E-state index contributed by atoms with van der Waals surface area (Å²) in [6.07, 6.45) is 0.422.